The van der Waals surface area contributed by atoms with Crippen LogP contribution in [-0.4, -0.2) is 77.3 Å². The molecule has 32 heavy (non-hydrogen) atoms. The van der Waals surface area contributed by atoms with E-state index < -0.39 is 47.9 Å². The molecule has 0 aromatic rings. The van der Waals surface area contributed by atoms with Gasteiger partial charge in [-0.3, -0.25) is 14.4 Å². The SMILES string of the molecule is CSCCC(NC(=O)C(N)CC(C)C)C(=O)NC(CCCCN)C(=O)NC(CS)C(=O)O. The van der Waals surface area contributed by atoms with Gasteiger partial charge in [0, 0.05) is 5.75 Å². The average Bonchev–Trinajstić information content (AvgIpc) is 2.72. The quantitative estimate of drug-likeness (QED) is 0.107. The van der Waals surface area contributed by atoms with Gasteiger partial charge in [0.2, 0.25) is 17.7 Å². The second kappa shape index (κ2) is 17.0. The molecule has 0 aliphatic rings. The Hall–Kier alpha value is -1.50. The fraction of sp³-hybridized carbons (Fsp3) is 0.800. The van der Waals surface area contributed by atoms with Crippen LogP contribution in [0.15, 0.2) is 0 Å². The minimum Gasteiger partial charge on any atom is -0.480 e. The second-order valence-corrected chi connectivity index (χ2v) is 9.36. The number of carbonyl (C=O) groups excluding carboxylic acids is 3. The summed E-state index contributed by atoms with van der Waals surface area (Å²) in [6.45, 7) is 4.33. The molecule has 3 amide bonds. The molecule has 0 fully saturated rings. The maximum Gasteiger partial charge on any atom is 0.327 e. The van der Waals surface area contributed by atoms with Crippen LogP contribution in [0, 0.1) is 5.92 Å². The number of carboxylic acid groups (broad SMARTS) is 1. The Kier molecular flexibility index (Phi) is 16.2. The molecule has 186 valence electrons. The fourth-order valence-electron chi connectivity index (χ4n) is 2.89. The molecule has 4 unspecified atom stereocenters. The van der Waals surface area contributed by atoms with Crippen LogP contribution in [0.25, 0.3) is 0 Å². The van der Waals surface area contributed by atoms with Gasteiger partial charge in [0.25, 0.3) is 0 Å². The third-order valence-electron chi connectivity index (χ3n) is 4.68. The van der Waals surface area contributed by atoms with Gasteiger partial charge >= 0.3 is 5.97 Å². The van der Waals surface area contributed by atoms with Crippen LogP contribution in [0.1, 0.15) is 46.0 Å². The molecule has 12 heteroatoms. The van der Waals surface area contributed by atoms with E-state index in [-0.39, 0.29) is 18.1 Å². The summed E-state index contributed by atoms with van der Waals surface area (Å²) in [5, 5.41) is 16.9. The van der Waals surface area contributed by atoms with Crippen molar-refractivity contribution in [1.29, 1.82) is 0 Å². The third kappa shape index (κ3) is 12.5. The van der Waals surface area contributed by atoms with Crippen molar-refractivity contribution < 1.29 is 24.3 Å². The van der Waals surface area contributed by atoms with Gasteiger partial charge in [0.05, 0.1) is 6.04 Å². The maximum absolute atomic E-state index is 13.0. The van der Waals surface area contributed by atoms with Crippen molar-refractivity contribution in [2.24, 2.45) is 17.4 Å². The van der Waals surface area contributed by atoms with E-state index >= 15 is 0 Å². The molecular formula is C20H39N5O5S2. The first-order chi connectivity index (χ1) is 15.1. The first-order valence-corrected chi connectivity index (χ1v) is 12.8. The lowest BCUT2D eigenvalue weighted by Gasteiger charge is -2.25. The highest BCUT2D eigenvalue weighted by molar-refractivity contribution is 7.98. The van der Waals surface area contributed by atoms with E-state index in [9.17, 15) is 19.2 Å². The van der Waals surface area contributed by atoms with Crippen LogP contribution in [0.5, 0.6) is 0 Å². The lowest BCUT2D eigenvalue weighted by Crippen LogP contribution is -2.57. The largest absolute Gasteiger partial charge is 0.480 e. The van der Waals surface area contributed by atoms with E-state index in [1.54, 1.807) is 0 Å². The predicted octanol–water partition coefficient (Wildman–Crippen LogP) is -0.289. The summed E-state index contributed by atoms with van der Waals surface area (Å²) in [6.07, 6.45) is 4.21. The van der Waals surface area contributed by atoms with Crippen LogP contribution >= 0.6 is 24.4 Å². The van der Waals surface area contributed by atoms with Crippen LogP contribution in [-0.2, 0) is 19.2 Å². The molecule has 0 aliphatic heterocycles. The van der Waals surface area contributed by atoms with Gasteiger partial charge in [-0.1, -0.05) is 13.8 Å². The minimum absolute atomic E-state index is 0.0926. The number of carboxylic acids is 1. The summed E-state index contributed by atoms with van der Waals surface area (Å²) in [4.78, 5) is 49.3. The Labute approximate surface area is 200 Å². The van der Waals surface area contributed by atoms with Gasteiger partial charge in [-0.05, 0) is 56.6 Å². The lowest BCUT2D eigenvalue weighted by molar-refractivity contribution is -0.141. The number of thiol groups is 1. The summed E-state index contributed by atoms with van der Waals surface area (Å²) in [5.74, 6) is -2.04. The Morgan fingerprint density at radius 2 is 1.47 bits per heavy atom. The first kappa shape index (κ1) is 30.5. The summed E-state index contributed by atoms with van der Waals surface area (Å²) >= 11 is 5.46. The molecule has 0 rings (SSSR count). The molecule has 10 nitrogen and oxygen atoms in total. The number of amides is 3. The van der Waals surface area contributed by atoms with E-state index in [0.717, 1.165) is 0 Å². The highest BCUT2D eigenvalue weighted by atomic mass is 32.2. The Balaban J connectivity index is 5.35. The zero-order valence-corrected chi connectivity index (χ0v) is 20.8. The molecule has 4 atom stereocenters. The van der Waals surface area contributed by atoms with Gasteiger partial charge in [0.1, 0.15) is 18.1 Å². The normalized spacial score (nSPS) is 14.8. The molecule has 0 aliphatic carbocycles. The molecule has 0 aromatic heterocycles. The molecule has 0 radical (unpaired) electrons. The molecule has 8 N–H and O–H groups in total. The number of carbonyl (C=O) groups is 4. The number of unbranched alkanes of at least 4 members (excludes halogenated alkanes) is 1. The molecule has 0 aromatic carbocycles. The summed E-state index contributed by atoms with van der Waals surface area (Å²) in [5.41, 5.74) is 11.5. The number of rotatable bonds is 17. The smallest absolute Gasteiger partial charge is 0.327 e. The van der Waals surface area contributed by atoms with Crippen molar-refractivity contribution in [1.82, 2.24) is 16.0 Å². The standard InChI is InChI=1S/C20H39N5O5S2/c1-12(2)10-13(22)17(26)23-15(7-9-32-3)19(28)24-14(6-4-5-8-21)18(27)25-16(11-31)20(29)30/h12-16,31H,4-11,21-22H2,1-3H3,(H,23,26)(H,24,28)(H,25,27)(H,29,30). The lowest BCUT2D eigenvalue weighted by atomic mass is 10.0. The number of aliphatic carboxylic acids is 1. The van der Waals surface area contributed by atoms with Crippen LogP contribution in [0.2, 0.25) is 0 Å². The number of thioether (sulfide) groups is 1. The van der Waals surface area contributed by atoms with Crippen molar-refractivity contribution in [2.75, 3.05) is 24.3 Å². The van der Waals surface area contributed by atoms with Crippen molar-refractivity contribution in [3.63, 3.8) is 0 Å². The zero-order chi connectivity index (χ0) is 24.7. The third-order valence-corrected chi connectivity index (χ3v) is 5.69. The van der Waals surface area contributed by atoms with E-state index in [0.29, 0.717) is 38.0 Å². The fourth-order valence-corrected chi connectivity index (χ4v) is 3.61. The highest BCUT2D eigenvalue weighted by Gasteiger charge is 2.29. The molecule has 0 heterocycles. The Morgan fingerprint density at radius 3 is 1.94 bits per heavy atom. The summed E-state index contributed by atoms with van der Waals surface area (Å²) in [7, 11) is 0. The van der Waals surface area contributed by atoms with Crippen LogP contribution < -0.4 is 27.4 Å². The summed E-state index contributed by atoms with van der Waals surface area (Å²) < 4.78 is 0. The minimum atomic E-state index is -1.22. The first-order valence-electron chi connectivity index (χ1n) is 10.8. The molecular weight excluding hydrogens is 454 g/mol. The zero-order valence-electron chi connectivity index (χ0n) is 19.1. The van der Waals surface area contributed by atoms with Crippen LogP contribution in [0.4, 0.5) is 0 Å². The van der Waals surface area contributed by atoms with Crippen molar-refractivity contribution in [2.45, 2.75) is 70.1 Å². The van der Waals surface area contributed by atoms with Gasteiger partial charge in [-0.15, -0.1) is 0 Å². The topological polar surface area (TPSA) is 177 Å². The van der Waals surface area contributed by atoms with Gasteiger partial charge in [-0.25, -0.2) is 4.79 Å². The van der Waals surface area contributed by atoms with E-state index in [4.69, 9.17) is 16.6 Å². The highest BCUT2D eigenvalue weighted by Crippen LogP contribution is 2.08. The average molecular weight is 494 g/mol. The molecule has 0 saturated heterocycles. The predicted molar refractivity (Wildman–Crippen MR) is 131 cm³/mol. The summed E-state index contributed by atoms with van der Waals surface area (Å²) in [6, 6.07) is -3.75. The molecule has 0 spiro atoms. The number of nitrogens with two attached hydrogens (primary N) is 2. The van der Waals surface area contributed by atoms with E-state index in [1.165, 1.54) is 11.8 Å². The van der Waals surface area contributed by atoms with Gasteiger partial charge < -0.3 is 32.5 Å². The maximum atomic E-state index is 13.0. The Bertz CT molecular complexity index is 609. The molecule has 0 saturated carbocycles. The van der Waals surface area contributed by atoms with Crippen molar-refractivity contribution in [3.8, 4) is 0 Å². The monoisotopic (exact) mass is 493 g/mol. The number of hydrogen-bond acceptors (Lipinski definition) is 8. The van der Waals surface area contributed by atoms with E-state index in [2.05, 4.69) is 28.6 Å². The van der Waals surface area contributed by atoms with E-state index in [1.807, 2.05) is 20.1 Å². The number of nitrogens with one attached hydrogen (secondary N) is 3. The number of hydrogen-bond donors (Lipinski definition) is 7. The Morgan fingerprint density at radius 1 is 0.938 bits per heavy atom. The van der Waals surface area contributed by atoms with Gasteiger partial charge in [0.15, 0.2) is 0 Å². The second-order valence-electron chi connectivity index (χ2n) is 8.01. The van der Waals surface area contributed by atoms with Crippen LogP contribution in [0.3, 0.4) is 0 Å². The van der Waals surface area contributed by atoms with Crippen molar-refractivity contribution >= 4 is 48.1 Å². The van der Waals surface area contributed by atoms with Crippen molar-refractivity contribution in [3.05, 3.63) is 0 Å². The molecule has 0 bridgehead atoms. The van der Waals surface area contributed by atoms with Gasteiger partial charge in [-0.2, -0.15) is 24.4 Å².